The molecule has 1 amide bonds. The van der Waals surface area contributed by atoms with E-state index in [-0.39, 0.29) is 5.91 Å². The topological polar surface area (TPSA) is 72.9 Å². The van der Waals surface area contributed by atoms with Gasteiger partial charge in [0.1, 0.15) is 0 Å². The van der Waals surface area contributed by atoms with Crippen LogP contribution in [0.15, 0.2) is 30.5 Å². The Labute approximate surface area is 118 Å². The summed E-state index contributed by atoms with van der Waals surface area (Å²) in [7, 11) is 0. The van der Waals surface area contributed by atoms with Gasteiger partial charge >= 0.3 is 0 Å². The van der Waals surface area contributed by atoms with Crippen LogP contribution in [-0.2, 0) is 11.3 Å². The van der Waals surface area contributed by atoms with E-state index < -0.39 is 0 Å². The summed E-state index contributed by atoms with van der Waals surface area (Å²) in [5.41, 5.74) is 9.30. The minimum absolute atomic E-state index is 0.00325. The van der Waals surface area contributed by atoms with Crippen molar-refractivity contribution >= 4 is 17.3 Å². The molecule has 0 spiro atoms. The quantitative estimate of drug-likeness (QED) is 0.821. The van der Waals surface area contributed by atoms with E-state index in [0.29, 0.717) is 12.1 Å². The number of carbonyl (C=O) groups is 1. The number of nitrogens with zero attached hydrogens (tertiary/aromatic N) is 2. The molecule has 0 bridgehead atoms. The number of carbonyl (C=O) groups excluding carboxylic acids is 1. The molecule has 0 fully saturated rings. The standard InChI is InChI=1S/C15H20N4O/c1-11-8-9-17-19(11)10-4-7-15(20)18-14-6-3-5-13(16)12(14)2/h3,5-6,8-9H,4,7,10,16H2,1-2H3,(H,18,20). The third kappa shape index (κ3) is 3.38. The number of amides is 1. The lowest BCUT2D eigenvalue weighted by atomic mass is 10.1. The van der Waals surface area contributed by atoms with Crippen LogP contribution in [0.1, 0.15) is 24.1 Å². The third-order valence-electron chi connectivity index (χ3n) is 3.35. The van der Waals surface area contributed by atoms with E-state index in [0.717, 1.165) is 29.9 Å². The first kappa shape index (κ1) is 14.1. The molecule has 1 aromatic carbocycles. The van der Waals surface area contributed by atoms with Crippen LogP contribution in [0, 0.1) is 13.8 Å². The summed E-state index contributed by atoms with van der Waals surface area (Å²) in [5.74, 6) is 0.00325. The molecule has 20 heavy (non-hydrogen) atoms. The number of rotatable bonds is 5. The lowest BCUT2D eigenvalue weighted by molar-refractivity contribution is -0.116. The van der Waals surface area contributed by atoms with Gasteiger partial charge in [-0.25, -0.2) is 0 Å². The second kappa shape index (κ2) is 6.23. The number of aryl methyl sites for hydroxylation is 2. The highest BCUT2D eigenvalue weighted by molar-refractivity contribution is 5.92. The van der Waals surface area contributed by atoms with Crippen LogP contribution < -0.4 is 11.1 Å². The van der Waals surface area contributed by atoms with Crippen LogP contribution in [-0.4, -0.2) is 15.7 Å². The van der Waals surface area contributed by atoms with Gasteiger partial charge in [-0.05, 0) is 44.0 Å². The van der Waals surface area contributed by atoms with Gasteiger partial charge in [0.05, 0.1) is 0 Å². The van der Waals surface area contributed by atoms with Gasteiger partial charge in [-0.2, -0.15) is 5.10 Å². The fraction of sp³-hybridized carbons (Fsp3) is 0.333. The number of nitrogens with one attached hydrogen (secondary N) is 1. The van der Waals surface area contributed by atoms with Crippen LogP contribution in [0.25, 0.3) is 0 Å². The van der Waals surface area contributed by atoms with Crippen molar-refractivity contribution in [1.82, 2.24) is 9.78 Å². The highest BCUT2D eigenvalue weighted by Crippen LogP contribution is 2.20. The van der Waals surface area contributed by atoms with E-state index in [2.05, 4.69) is 10.4 Å². The summed E-state index contributed by atoms with van der Waals surface area (Å²) in [6, 6.07) is 7.48. The van der Waals surface area contributed by atoms with Crippen LogP contribution in [0.4, 0.5) is 11.4 Å². The second-order valence-electron chi connectivity index (χ2n) is 4.87. The molecule has 1 heterocycles. The number of hydrogen-bond acceptors (Lipinski definition) is 3. The fourth-order valence-corrected chi connectivity index (χ4v) is 2.02. The largest absolute Gasteiger partial charge is 0.398 e. The molecule has 0 saturated carbocycles. The molecule has 5 nitrogen and oxygen atoms in total. The highest BCUT2D eigenvalue weighted by atomic mass is 16.1. The molecule has 2 aromatic rings. The summed E-state index contributed by atoms with van der Waals surface area (Å²) in [4.78, 5) is 11.9. The average Bonchev–Trinajstić information content (AvgIpc) is 2.81. The molecule has 0 aliphatic carbocycles. The summed E-state index contributed by atoms with van der Waals surface area (Å²) in [6.07, 6.45) is 2.99. The van der Waals surface area contributed by atoms with Crippen LogP contribution in [0.3, 0.4) is 0 Å². The maximum absolute atomic E-state index is 11.9. The lowest BCUT2D eigenvalue weighted by Gasteiger charge is -2.10. The molecule has 3 N–H and O–H groups in total. The molecule has 1 aromatic heterocycles. The van der Waals surface area contributed by atoms with E-state index >= 15 is 0 Å². The minimum Gasteiger partial charge on any atom is -0.398 e. The minimum atomic E-state index is 0.00325. The Bertz CT molecular complexity index is 604. The molecule has 0 unspecified atom stereocenters. The number of hydrogen-bond donors (Lipinski definition) is 2. The van der Waals surface area contributed by atoms with Crippen LogP contribution >= 0.6 is 0 Å². The van der Waals surface area contributed by atoms with Crippen molar-refractivity contribution in [2.75, 3.05) is 11.1 Å². The normalized spacial score (nSPS) is 10.5. The molecule has 0 saturated heterocycles. The van der Waals surface area contributed by atoms with Crippen molar-refractivity contribution < 1.29 is 4.79 Å². The Morgan fingerprint density at radius 3 is 2.85 bits per heavy atom. The molecule has 2 rings (SSSR count). The molecule has 0 aliphatic heterocycles. The van der Waals surface area contributed by atoms with Crippen molar-refractivity contribution in [3.63, 3.8) is 0 Å². The van der Waals surface area contributed by atoms with E-state index in [1.165, 1.54) is 0 Å². The predicted octanol–water partition coefficient (Wildman–Crippen LogP) is 2.50. The zero-order valence-electron chi connectivity index (χ0n) is 11.9. The molecular formula is C15H20N4O. The Balaban J connectivity index is 1.84. The smallest absolute Gasteiger partial charge is 0.224 e. The number of anilines is 2. The first-order chi connectivity index (χ1) is 9.58. The van der Waals surface area contributed by atoms with Gasteiger partial charge in [0.25, 0.3) is 0 Å². The first-order valence-electron chi connectivity index (χ1n) is 6.71. The second-order valence-corrected chi connectivity index (χ2v) is 4.87. The van der Waals surface area contributed by atoms with Crippen molar-refractivity contribution in [2.45, 2.75) is 33.2 Å². The molecule has 106 valence electrons. The maximum Gasteiger partial charge on any atom is 0.224 e. The molecule has 0 atom stereocenters. The van der Waals surface area contributed by atoms with Crippen molar-refractivity contribution in [2.24, 2.45) is 0 Å². The monoisotopic (exact) mass is 272 g/mol. The molecule has 0 radical (unpaired) electrons. The van der Waals surface area contributed by atoms with E-state index in [4.69, 9.17) is 5.73 Å². The Hall–Kier alpha value is -2.30. The van der Waals surface area contributed by atoms with E-state index in [9.17, 15) is 4.79 Å². The highest BCUT2D eigenvalue weighted by Gasteiger charge is 2.06. The van der Waals surface area contributed by atoms with Gasteiger partial charge in [0, 0.05) is 36.2 Å². The molecular weight excluding hydrogens is 252 g/mol. The van der Waals surface area contributed by atoms with Crippen LogP contribution in [0.5, 0.6) is 0 Å². The zero-order chi connectivity index (χ0) is 14.5. The predicted molar refractivity (Wildman–Crippen MR) is 80.4 cm³/mol. The Morgan fingerprint density at radius 1 is 1.35 bits per heavy atom. The van der Waals surface area contributed by atoms with Crippen LogP contribution in [0.2, 0.25) is 0 Å². The van der Waals surface area contributed by atoms with Gasteiger partial charge in [-0.3, -0.25) is 9.48 Å². The SMILES string of the molecule is Cc1c(N)cccc1NC(=O)CCCn1nccc1C. The number of nitrogen functional groups attached to an aromatic ring is 1. The van der Waals surface area contributed by atoms with Gasteiger partial charge in [0.15, 0.2) is 0 Å². The summed E-state index contributed by atoms with van der Waals surface area (Å²) >= 11 is 0. The Kier molecular flexibility index (Phi) is 4.40. The van der Waals surface area contributed by atoms with Gasteiger partial charge in [-0.15, -0.1) is 0 Å². The number of nitrogens with two attached hydrogens (primary N) is 1. The first-order valence-corrected chi connectivity index (χ1v) is 6.71. The average molecular weight is 272 g/mol. The summed E-state index contributed by atoms with van der Waals surface area (Å²) < 4.78 is 1.90. The summed E-state index contributed by atoms with van der Waals surface area (Å²) in [5, 5.41) is 7.09. The molecule has 0 aliphatic rings. The number of benzene rings is 1. The maximum atomic E-state index is 11.9. The molecule has 5 heteroatoms. The van der Waals surface area contributed by atoms with Gasteiger partial charge in [0.2, 0.25) is 5.91 Å². The lowest BCUT2D eigenvalue weighted by Crippen LogP contribution is -2.14. The fourth-order valence-electron chi connectivity index (χ4n) is 2.02. The third-order valence-corrected chi connectivity index (χ3v) is 3.35. The zero-order valence-corrected chi connectivity index (χ0v) is 11.9. The van der Waals surface area contributed by atoms with Crippen molar-refractivity contribution in [3.8, 4) is 0 Å². The van der Waals surface area contributed by atoms with E-state index in [1.54, 1.807) is 6.20 Å². The van der Waals surface area contributed by atoms with E-state index in [1.807, 2.05) is 42.8 Å². The van der Waals surface area contributed by atoms with Crippen molar-refractivity contribution in [1.29, 1.82) is 0 Å². The number of aromatic nitrogens is 2. The van der Waals surface area contributed by atoms with Gasteiger partial charge in [-0.1, -0.05) is 6.07 Å². The Morgan fingerprint density at radius 2 is 2.15 bits per heavy atom. The van der Waals surface area contributed by atoms with Crippen molar-refractivity contribution in [3.05, 3.63) is 41.7 Å². The summed E-state index contributed by atoms with van der Waals surface area (Å²) in [6.45, 7) is 4.66. The van der Waals surface area contributed by atoms with Gasteiger partial charge < -0.3 is 11.1 Å².